The molecule has 0 heterocycles. The van der Waals surface area contributed by atoms with Crippen LogP contribution >= 0.6 is 11.6 Å². The Morgan fingerprint density at radius 2 is 2.00 bits per heavy atom. The van der Waals surface area contributed by atoms with Gasteiger partial charge in [-0.15, -0.1) is 0 Å². The smallest absolute Gasteiger partial charge is 0.257 e. The molecular weight excluding hydrogens is 372 g/mol. The third-order valence-electron chi connectivity index (χ3n) is 3.66. The number of aromatic hydroxyl groups is 1. The zero-order valence-electron chi connectivity index (χ0n) is 14.5. The van der Waals surface area contributed by atoms with E-state index in [2.05, 4.69) is 10.6 Å². The van der Waals surface area contributed by atoms with Crippen molar-refractivity contribution < 1.29 is 19.4 Å². The van der Waals surface area contributed by atoms with Gasteiger partial charge in [0.2, 0.25) is 0 Å². The third kappa shape index (κ3) is 5.35. The largest absolute Gasteiger partial charge is 0.507 e. The second-order valence-electron chi connectivity index (χ2n) is 5.54. The number of halogens is 1. The number of phenolic OH excluding ortho intramolecular Hbond substituents is 1. The molecule has 0 aliphatic carbocycles. The van der Waals surface area contributed by atoms with Crippen LogP contribution in [0.25, 0.3) is 0 Å². The van der Waals surface area contributed by atoms with E-state index in [9.17, 15) is 14.7 Å². The van der Waals surface area contributed by atoms with Crippen molar-refractivity contribution in [1.29, 1.82) is 5.41 Å². The number of benzene rings is 2. The van der Waals surface area contributed by atoms with E-state index < -0.39 is 5.91 Å². The Kier molecular flexibility index (Phi) is 6.62. The highest BCUT2D eigenvalue weighted by molar-refractivity contribution is 6.31. The number of nitrogens with two attached hydrogens (primary N) is 1. The number of hydrogen-bond acceptors (Lipinski definition) is 5. The predicted molar refractivity (Wildman–Crippen MR) is 101 cm³/mol. The predicted octanol–water partition coefficient (Wildman–Crippen LogP) is 1.38. The molecule has 27 heavy (non-hydrogen) atoms. The zero-order chi connectivity index (χ0) is 20.0. The van der Waals surface area contributed by atoms with Crippen LogP contribution in [0.2, 0.25) is 5.02 Å². The minimum atomic E-state index is -0.525. The average Bonchev–Trinajstić information content (AvgIpc) is 2.66. The van der Waals surface area contributed by atoms with E-state index in [1.54, 1.807) is 12.1 Å². The summed E-state index contributed by atoms with van der Waals surface area (Å²) in [6.07, 6.45) is 0. The van der Waals surface area contributed by atoms with Crippen molar-refractivity contribution >= 4 is 29.3 Å². The molecule has 6 N–H and O–H groups in total. The second-order valence-corrected chi connectivity index (χ2v) is 5.98. The van der Waals surface area contributed by atoms with Gasteiger partial charge in [0, 0.05) is 29.7 Å². The number of hydrogen-bond donors (Lipinski definition) is 5. The van der Waals surface area contributed by atoms with Crippen molar-refractivity contribution in [1.82, 2.24) is 10.6 Å². The molecule has 2 amide bonds. The molecule has 2 aromatic carbocycles. The standard InChI is InChI=1S/C18H19ClN4O4/c1-22-16(25)9-27-15-6-10(17(20)21)2-3-11(15)8-23-18(26)13-7-12(19)4-5-14(13)24/h2-7,24H,8-9H2,1H3,(H3,20,21)(H,22,25)(H,23,26). The first-order valence-electron chi connectivity index (χ1n) is 7.89. The molecule has 0 unspecified atom stereocenters. The van der Waals surface area contributed by atoms with Crippen LogP contribution in [-0.2, 0) is 11.3 Å². The lowest BCUT2D eigenvalue weighted by molar-refractivity contribution is -0.122. The van der Waals surface area contributed by atoms with Crippen LogP contribution < -0.4 is 21.1 Å². The van der Waals surface area contributed by atoms with E-state index in [4.69, 9.17) is 27.5 Å². The first-order valence-corrected chi connectivity index (χ1v) is 8.27. The van der Waals surface area contributed by atoms with Gasteiger partial charge in [-0.2, -0.15) is 0 Å². The van der Waals surface area contributed by atoms with Crippen LogP contribution in [0.5, 0.6) is 11.5 Å². The van der Waals surface area contributed by atoms with Crippen molar-refractivity contribution in [2.24, 2.45) is 5.73 Å². The Balaban J connectivity index is 2.18. The van der Waals surface area contributed by atoms with Crippen molar-refractivity contribution in [3.05, 3.63) is 58.1 Å². The lowest BCUT2D eigenvalue weighted by atomic mass is 10.1. The molecule has 0 saturated heterocycles. The van der Waals surface area contributed by atoms with E-state index in [1.165, 1.54) is 31.3 Å². The van der Waals surface area contributed by atoms with Crippen LogP contribution in [0, 0.1) is 5.41 Å². The molecule has 8 nitrogen and oxygen atoms in total. The number of nitrogen functional groups attached to an aromatic ring is 1. The highest BCUT2D eigenvalue weighted by Gasteiger charge is 2.14. The first kappa shape index (κ1) is 20.1. The van der Waals surface area contributed by atoms with Gasteiger partial charge < -0.3 is 26.2 Å². The van der Waals surface area contributed by atoms with Gasteiger partial charge in [-0.1, -0.05) is 23.7 Å². The SMILES string of the molecule is CNC(=O)COc1cc(C(=N)N)ccc1CNC(=O)c1cc(Cl)ccc1O. The number of likely N-dealkylation sites (N-methyl/N-ethyl adjacent to an activating group) is 1. The van der Waals surface area contributed by atoms with Gasteiger partial charge in [0.05, 0.1) is 5.56 Å². The highest BCUT2D eigenvalue weighted by Crippen LogP contribution is 2.23. The second kappa shape index (κ2) is 8.91. The zero-order valence-corrected chi connectivity index (χ0v) is 15.3. The van der Waals surface area contributed by atoms with E-state index in [-0.39, 0.29) is 36.2 Å². The molecule has 0 fully saturated rings. The summed E-state index contributed by atoms with van der Waals surface area (Å²) in [6, 6.07) is 8.91. The molecule has 142 valence electrons. The molecule has 0 spiro atoms. The molecule has 0 aromatic heterocycles. The molecule has 0 saturated carbocycles. The van der Waals surface area contributed by atoms with E-state index in [1.807, 2.05) is 0 Å². The Morgan fingerprint density at radius 3 is 2.67 bits per heavy atom. The van der Waals surface area contributed by atoms with Gasteiger partial charge in [-0.25, -0.2) is 0 Å². The van der Waals surface area contributed by atoms with Crippen LogP contribution in [-0.4, -0.2) is 36.4 Å². The quantitative estimate of drug-likeness (QED) is 0.359. The number of rotatable bonds is 7. The van der Waals surface area contributed by atoms with Crippen LogP contribution in [0.15, 0.2) is 36.4 Å². The molecule has 0 radical (unpaired) electrons. The minimum absolute atomic E-state index is 0.0377. The molecule has 0 bridgehead atoms. The maximum Gasteiger partial charge on any atom is 0.257 e. The molecule has 9 heteroatoms. The fraction of sp³-hybridized carbons (Fsp3) is 0.167. The van der Waals surface area contributed by atoms with Gasteiger partial charge >= 0.3 is 0 Å². The van der Waals surface area contributed by atoms with Gasteiger partial charge in [0.15, 0.2) is 6.61 Å². The molecular formula is C18H19ClN4O4. The Bertz CT molecular complexity index is 886. The fourth-order valence-corrected chi connectivity index (χ4v) is 2.35. The number of carbonyl (C=O) groups is 2. The summed E-state index contributed by atoms with van der Waals surface area (Å²) in [4.78, 5) is 23.7. The van der Waals surface area contributed by atoms with Crippen molar-refractivity contribution in [3.8, 4) is 11.5 Å². The normalized spacial score (nSPS) is 10.1. The van der Waals surface area contributed by atoms with E-state index in [0.29, 0.717) is 21.9 Å². The molecule has 0 aliphatic rings. The number of amidine groups is 1. The molecule has 2 aromatic rings. The van der Waals surface area contributed by atoms with Gasteiger partial charge in [0.1, 0.15) is 17.3 Å². The number of phenols is 1. The highest BCUT2D eigenvalue weighted by atomic mass is 35.5. The van der Waals surface area contributed by atoms with Crippen LogP contribution in [0.4, 0.5) is 0 Å². The van der Waals surface area contributed by atoms with Gasteiger partial charge in [-0.3, -0.25) is 15.0 Å². The third-order valence-corrected chi connectivity index (χ3v) is 3.89. The first-order chi connectivity index (χ1) is 12.8. The van der Waals surface area contributed by atoms with Crippen molar-refractivity contribution in [3.63, 3.8) is 0 Å². The molecule has 0 aliphatic heterocycles. The summed E-state index contributed by atoms with van der Waals surface area (Å²) in [6.45, 7) is -0.167. The molecule has 0 atom stereocenters. The topological polar surface area (TPSA) is 138 Å². The Hall–Kier alpha value is -3.26. The Labute approximate surface area is 160 Å². The van der Waals surface area contributed by atoms with Crippen molar-refractivity contribution in [2.75, 3.05) is 13.7 Å². The van der Waals surface area contributed by atoms with Gasteiger partial charge in [-0.05, 0) is 24.3 Å². The maximum atomic E-state index is 12.3. The van der Waals surface area contributed by atoms with E-state index >= 15 is 0 Å². The average molecular weight is 391 g/mol. The summed E-state index contributed by atoms with van der Waals surface area (Å²) in [5.41, 5.74) is 6.51. The number of carbonyl (C=O) groups excluding carboxylic acids is 2. The Morgan fingerprint density at radius 1 is 1.26 bits per heavy atom. The lowest BCUT2D eigenvalue weighted by Gasteiger charge is -2.14. The summed E-state index contributed by atoms with van der Waals surface area (Å²) in [7, 11) is 1.48. The molecule has 2 rings (SSSR count). The summed E-state index contributed by atoms with van der Waals surface area (Å²) < 4.78 is 5.48. The maximum absolute atomic E-state index is 12.3. The van der Waals surface area contributed by atoms with Gasteiger partial charge in [0.25, 0.3) is 11.8 Å². The van der Waals surface area contributed by atoms with Crippen LogP contribution in [0.3, 0.4) is 0 Å². The summed E-state index contributed by atoms with van der Waals surface area (Å²) in [5.74, 6) is -0.897. The van der Waals surface area contributed by atoms with Crippen molar-refractivity contribution in [2.45, 2.75) is 6.54 Å². The summed E-state index contributed by atoms with van der Waals surface area (Å²) in [5, 5.41) is 22.7. The minimum Gasteiger partial charge on any atom is -0.507 e. The monoisotopic (exact) mass is 390 g/mol. The van der Waals surface area contributed by atoms with Crippen LogP contribution in [0.1, 0.15) is 21.5 Å². The number of ether oxygens (including phenoxy) is 1. The fourth-order valence-electron chi connectivity index (χ4n) is 2.18. The lowest BCUT2D eigenvalue weighted by Crippen LogP contribution is -2.26. The summed E-state index contributed by atoms with van der Waals surface area (Å²) >= 11 is 5.85. The number of nitrogens with one attached hydrogen (secondary N) is 3. The number of amides is 2. The van der Waals surface area contributed by atoms with E-state index in [0.717, 1.165) is 0 Å².